The minimum atomic E-state index is 0.533. The van der Waals surface area contributed by atoms with Gasteiger partial charge in [0.05, 0.1) is 12.2 Å². The second-order valence-electron chi connectivity index (χ2n) is 5.48. The number of rotatable bonds is 2. The van der Waals surface area contributed by atoms with Crippen LogP contribution in [0, 0.1) is 5.92 Å². The summed E-state index contributed by atoms with van der Waals surface area (Å²) in [6, 6.07) is 0. The Hall–Kier alpha value is -0.300. The van der Waals surface area contributed by atoms with E-state index in [1.807, 2.05) is 0 Å². The van der Waals surface area contributed by atoms with Crippen LogP contribution < -0.4 is 0 Å². The summed E-state index contributed by atoms with van der Waals surface area (Å²) in [6.07, 6.45) is 11.2. The van der Waals surface area contributed by atoms with Gasteiger partial charge in [-0.15, -0.1) is 0 Å². The van der Waals surface area contributed by atoms with E-state index in [9.17, 15) is 0 Å². The van der Waals surface area contributed by atoms with Crippen molar-refractivity contribution in [2.45, 2.75) is 70.5 Å². The molecule has 2 fully saturated rings. The fraction of sp³-hybridized carbons (Fsp3) is 0.857. The molecule has 15 heavy (non-hydrogen) atoms. The molecular weight excluding hydrogens is 184 g/mol. The van der Waals surface area contributed by atoms with Crippen LogP contribution in [0.4, 0.5) is 0 Å². The Bertz CT molecular complexity index is 211. The average molecular weight is 208 g/mol. The highest BCUT2D eigenvalue weighted by atomic mass is 16.5. The molecule has 0 aliphatic heterocycles. The zero-order valence-electron chi connectivity index (χ0n) is 10.0. The van der Waals surface area contributed by atoms with E-state index in [4.69, 9.17) is 4.74 Å². The van der Waals surface area contributed by atoms with Gasteiger partial charge in [0.1, 0.15) is 0 Å². The molecule has 2 saturated carbocycles. The van der Waals surface area contributed by atoms with Gasteiger partial charge in [0.2, 0.25) is 0 Å². The van der Waals surface area contributed by atoms with Gasteiger partial charge < -0.3 is 4.74 Å². The van der Waals surface area contributed by atoms with E-state index in [1.54, 1.807) is 0 Å². The maximum Gasteiger partial charge on any atom is 0.0585 e. The lowest BCUT2D eigenvalue weighted by Gasteiger charge is -2.32. The fourth-order valence-electron chi connectivity index (χ4n) is 2.91. The van der Waals surface area contributed by atoms with Crippen LogP contribution in [-0.2, 0) is 4.74 Å². The minimum Gasteiger partial charge on any atom is -0.375 e. The number of ether oxygens (including phenoxy) is 1. The summed E-state index contributed by atoms with van der Waals surface area (Å²) in [6.45, 7) is 6.41. The number of hydrogen-bond acceptors (Lipinski definition) is 1. The van der Waals surface area contributed by atoms with Gasteiger partial charge in [-0.1, -0.05) is 31.9 Å². The Morgan fingerprint density at radius 2 is 1.80 bits per heavy atom. The average Bonchev–Trinajstić information content (AvgIpc) is 2.22. The van der Waals surface area contributed by atoms with Crippen LogP contribution in [-0.4, -0.2) is 12.2 Å². The maximum absolute atomic E-state index is 6.21. The summed E-state index contributed by atoms with van der Waals surface area (Å²) in [5, 5.41) is 0. The zero-order valence-corrected chi connectivity index (χ0v) is 10.0. The summed E-state index contributed by atoms with van der Waals surface area (Å²) >= 11 is 0. The molecule has 0 aromatic rings. The largest absolute Gasteiger partial charge is 0.375 e. The highest BCUT2D eigenvalue weighted by Gasteiger charge is 2.24. The molecule has 0 aromatic carbocycles. The van der Waals surface area contributed by atoms with Gasteiger partial charge in [0, 0.05) is 0 Å². The summed E-state index contributed by atoms with van der Waals surface area (Å²) in [5.41, 5.74) is 1.42. The van der Waals surface area contributed by atoms with Crippen LogP contribution in [0.5, 0.6) is 0 Å². The van der Waals surface area contributed by atoms with Gasteiger partial charge in [-0.3, -0.25) is 0 Å². The topological polar surface area (TPSA) is 9.23 Å². The Balaban J connectivity index is 1.74. The molecule has 1 heteroatoms. The third kappa shape index (κ3) is 3.34. The lowest BCUT2D eigenvalue weighted by Crippen LogP contribution is -2.28. The van der Waals surface area contributed by atoms with Crippen molar-refractivity contribution in [1.82, 2.24) is 0 Å². The van der Waals surface area contributed by atoms with E-state index in [0.717, 1.165) is 5.92 Å². The molecule has 0 heterocycles. The van der Waals surface area contributed by atoms with Crippen LogP contribution >= 0.6 is 0 Å². The third-order valence-electron chi connectivity index (χ3n) is 3.91. The van der Waals surface area contributed by atoms with Gasteiger partial charge >= 0.3 is 0 Å². The predicted octanol–water partition coefficient (Wildman–Crippen LogP) is 4.08. The lowest BCUT2D eigenvalue weighted by atomic mass is 9.88. The molecular formula is C14H24O. The second-order valence-corrected chi connectivity index (χ2v) is 5.48. The standard InChI is InChI=1S/C14H24O/c1-11-6-8-13(9-7-11)15-14-5-3-4-12(2)10-14/h12-14H,1,3-10H2,2H3. The Labute approximate surface area is 93.9 Å². The Morgan fingerprint density at radius 1 is 1.07 bits per heavy atom. The highest BCUT2D eigenvalue weighted by Crippen LogP contribution is 2.30. The van der Waals surface area contributed by atoms with E-state index in [2.05, 4.69) is 13.5 Å². The first-order valence-corrected chi connectivity index (χ1v) is 6.56. The van der Waals surface area contributed by atoms with Crippen LogP contribution in [0.2, 0.25) is 0 Å². The molecule has 2 aliphatic rings. The van der Waals surface area contributed by atoms with E-state index in [-0.39, 0.29) is 0 Å². The van der Waals surface area contributed by atoms with Crippen molar-refractivity contribution >= 4 is 0 Å². The van der Waals surface area contributed by atoms with Crippen LogP contribution in [0.25, 0.3) is 0 Å². The van der Waals surface area contributed by atoms with Crippen molar-refractivity contribution in [1.29, 1.82) is 0 Å². The van der Waals surface area contributed by atoms with Crippen LogP contribution in [0.3, 0.4) is 0 Å². The summed E-state index contributed by atoms with van der Waals surface area (Å²) < 4.78 is 6.21. The first kappa shape index (κ1) is 11.2. The second kappa shape index (κ2) is 5.16. The van der Waals surface area contributed by atoms with Gasteiger partial charge in [0.25, 0.3) is 0 Å². The Kier molecular flexibility index (Phi) is 3.85. The number of hydrogen-bond donors (Lipinski definition) is 0. The van der Waals surface area contributed by atoms with Crippen LogP contribution in [0.15, 0.2) is 12.2 Å². The van der Waals surface area contributed by atoms with Crippen molar-refractivity contribution in [3.63, 3.8) is 0 Å². The van der Waals surface area contributed by atoms with E-state index >= 15 is 0 Å². The molecule has 0 spiro atoms. The highest BCUT2D eigenvalue weighted by molar-refractivity contribution is 4.98. The molecule has 2 aliphatic carbocycles. The molecule has 0 amide bonds. The zero-order chi connectivity index (χ0) is 10.7. The fourth-order valence-corrected chi connectivity index (χ4v) is 2.91. The third-order valence-corrected chi connectivity index (χ3v) is 3.91. The molecule has 0 saturated heterocycles. The van der Waals surface area contributed by atoms with Crippen molar-refractivity contribution in [2.24, 2.45) is 5.92 Å². The van der Waals surface area contributed by atoms with E-state index in [1.165, 1.54) is 56.9 Å². The van der Waals surface area contributed by atoms with Crippen molar-refractivity contribution in [3.8, 4) is 0 Å². The maximum atomic E-state index is 6.21. The molecule has 0 bridgehead atoms. The first-order valence-electron chi connectivity index (χ1n) is 6.56. The normalized spacial score (nSPS) is 34.3. The van der Waals surface area contributed by atoms with Crippen molar-refractivity contribution in [2.75, 3.05) is 0 Å². The molecule has 0 radical (unpaired) electrons. The predicted molar refractivity (Wildman–Crippen MR) is 63.9 cm³/mol. The quantitative estimate of drug-likeness (QED) is 0.621. The summed E-state index contributed by atoms with van der Waals surface area (Å²) in [4.78, 5) is 0. The smallest absolute Gasteiger partial charge is 0.0585 e. The monoisotopic (exact) mass is 208 g/mol. The van der Waals surface area contributed by atoms with E-state index < -0.39 is 0 Å². The first-order chi connectivity index (χ1) is 7.24. The van der Waals surface area contributed by atoms with Gasteiger partial charge in [-0.25, -0.2) is 0 Å². The SMILES string of the molecule is C=C1CCC(OC2CCCC(C)C2)CC1. The lowest BCUT2D eigenvalue weighted by molar-refractivity contribution is -0.0488. The minimum absolute atomic E-state index is 0.533. The molecule has 2 rings (SSSR count). The van der Waals surface area contributed by atoms with Gasteiger partial charge in [-0.05, 0) is 44.4 Å². The molecule has 86 valence electrons. The van der Waals surface area contributed by atoms with Crippen molar-refractivity contribution < 1.29 is 4.74 Å². The molecule has 2 atom stereocenters. The molecule has 0 aromatic heterocycles. The van der Waals surface area contributed by atoms with Gasteiger partial charge in [-0.2, -0.15) is 0 Å². The van der Waals surface area contributed by atoms with Gasteiger partial charge in [0.15, 0.2) is 0 Å². The Morgan fingerprint density at radius 3 is 2.47 bits per heavy atom. The summed E-state index contributed by atoms with van der Waals surface area (Å²) in [5.74, 6) is 0.877. The summed E-state index contributed by atoms with van der Waals surface area (Å²) in [7, 11) is 0. The van der Waals surface area contributed by atoms with Crippen LogP contribution in [0.1, 0.15) is 58.3 Å². The van der Waals surface area contributed by atoms with E-state index in [0.29, 0.717) is 12.2 Å². The molecule has 2 unspecified atom stereocenters. The van der Waals surface area contributed by atoms with Crippen molar-refractivity contribution in [3.05, 3.63) is 12.2 Å². The molecule has 1 nitrogen and oxygen atoms in total. The molecule has 0 N–H and O–H groups in total. The number of allylic oxidation sites excluding steroid dienone is 1.